The van der Waals surface area contributed by atoms with Gasteiger partial charge in [-0.15, -0.1) is 0 Å². The summed E-state index contributed by atoms with van der Waals surface area (Å²) in [5.41, 5.74) is 0. The molecule has 1 heterocycles. The molecule has 3 heteroatoms. The third-order valence-corrected chi connectivity index (χ3v) is 2.40. The van der Waals surface area contributed by atoms with Crippen molar-refractivity contribution in [2.45, 2.75) is 13.0 Å². The Morgan fingerprint density at radius 3 is 2.75 bits per heavy atom. The number of likely N-dealkylation sites (tertiary alicyclic amines) is 1. The zero-order chi connectivity index (χ0) is 8.97. The second kappa shape index (κ2) is 4.80. The highest BCUT2D eigenvalue weighted by Crippen LogP contribution is 2.18. The normalized spacial score (nSPS) is 31.2. The monoisotopic (exact) mass is 173 g/mol. The van der Waals surface area contributed by atoms with Gasteiger partial charge in [-0.25, -0.2) is 0 Å². The van der Waals surface area contributed by atoms with Crippen molar-refractivity contribution in [1.29, 1.82) is 0 Å². The van der Waals surface area contributed by atoms with Crippen LogP contribution in [0.5, 0.6) is 0 Å². The number of likely N-dealkylation sites (N-methyl/N-ethyl adjacent to an activating group) is 1. The molecule has 1 fully saturated rings. The van der Waals surface area contributed by atoms with Gasteiger partial charge in [0.1, 0.15) is 0 Å². The summed E-state index contributed by atoms with van der Waals surface area (Å²) >= 11 is 0. The van der Waals surface area contributed by atoms with Crippen LogP contribution in [0.3, 0.4) is 0 Å². The molecule has 1 aliphatic rings. The van der Waals surface area contributed by atoms with E-state index < -0.39 is 0 Å². The Labute approximate surface area is 74.6 Å². The SMILES string of the molecule is CCOCC1CN(C)CC1OC. The summed E-state index contributed by atoms with van der Waals surface area (Å²) in [6, 6.07) is 0. The first kappa shape index (κ1) is 9.96. The Kier molecular flexibility index (Phi) is 3.98. The first-order valence-electron chi connectivity index (χ1n) is 4.57. The van der Waals surface area contributed by atoms with Crippen LogP contribution in [-0.4, -0.2) is 51.5 Å². The molecule has 0 aromatic rings. The molecule has 0 saturated carbocycles. The van der Waals surface area contributed by atoms with E-state index in [4.69, 9.17) is 9.47 Å². The minimum absolute atomic E-state index is 0.363. The van der Waals surface area contributed by atoms with Gasteiger partial charge in [-0.2, -0.15) is 0 Å². The molecule has 72 valence electrons. The lowest BCUT2D eigenvalue weighted by Gasteiger charge is -2.15. The second-order valence-corrected chi connectivity index (χ2v) is 3.41. The fourth-order valence-electron chi connectivity index (χ4n) is 1.74. The van der Waals surface area contributed by atoms with Crippen LogP contribution < -0.4 is 0 Å². The van der Waals surface area contributed by atoms with Crippen molar-refractivity contribution in [3.8, 4) is 0 Å². The topological polar surface area (TPSA) is 21.7 Å². The predicted molar refractivity (Wildman–Crippen MR) is 48.3 cm³/mol. The van der Waals surface area contributed by atoms with E-state index in [1.807, 2.05) is 6.92 Å². The Bertz CT molecular complexity index is 130. The highest BCUT2D eigenvalue weighted by atomic mass is 16.5. The Morgan fingerprint density at radius 2 is 2.17 bits per heavy atom. The molecular weight excluding hydrogens is 154 g/mol. The number of ether oxygens (including phenoxy) is 2. The molecule has 2 atom stereocenters. The molecule has 0 aromatic heterocycles. The predicted octanol–water partition coefficient (Wildman–Crippen LogP) is 0.599. The fraction of sp³-hybridized carbons (Fsp3) is 1.00. The van der Waals surface area contributed by atoms with Crippen LogP contribution in [-0.2, 0) is 9.47 Å². The van der Waals surface area contributed by atoms with Gasteiger partial charge in [0, 0.05) is 32.7 Å². The molecule has 2 unspecified atom stereocenters. The van der Waals surface area contributed by atoms with Crippen LogP contribution in [0.15, 0.2) is 0 Å². The van der Waals surface area contributed by atoms with Gasteiger partial charge >= 0.3 is 0 Å². The molecule has 1 saturated heterocycles. The third kappa shape index (κ3) is 2.44. The van der Waals surface area contributed by atoms with Crippen molar-refractivity contribution in [2.24, 2.45) is 5.92 Å². The minimum atomic E-state index is 0.363. The molecule has 0 amide bonds. The number of hydrogen-bond acceptors (Lipinski definition) is 3. The molecular formula is C9H19NO2. The summed E-state index contributed by atoms with van der Waals surface area (Å²) in [4.78, 5) is 2.29. The maximum absolute atomic E-state index is 5.39. The zero-order valence-corrected chi connectivity index (χ0v) is 8.25. The molecule has 0 bridgehead atoms. The van der Waals surface area contributed by atoms with Gasteiger partial charge in [0.2, 0.25) is 0 Å². The number of nitrogens with zero attached hydrogens (tertiary/aromatic N) is 1. The highest BCUT2D eigenvalue weighted by Gasteiger charge is 2.30. The van der Waals surface area contributed by atoms with Crippen LogP contribution in [0.1, 0.15) is 6.92 Å². The Morgan fingerprint density at radius 1 is 1.42 bits per heavy atom. The van der Waals surface area contributed by atoms with Gasteiger partial charge in [-0.1, -0.05) is 0 Å². The van der Waals surface area contributed by atoms with E-state index in [1.165, 1.54) is 0 Å². The lowest BCUT2D eigenvalue weighted by molar-refractivity contribution is 0.0311. The van der Waals surface area contributed by atoms with Crippen LogP contribution in [0.25, 0.3) is 0 Å². The summed E-state index contributed by atoms with van der Waals surface area (Å²) < 4.78 is 10.8. The molecule has 1 rings (SSSR count). The van der Waals surface area contributed by atoms with E-state index in [2.05, 4.69) is 11.9 Å². The summed E-state index contributed by atoms with van der Waals surface area (Å²) in [6.07, 6.45) is 0.363. The van der Waals surface area contributed by atoms with E-state index in [0.717, 1.165) is 26.3 Å². The number of methoxy groups -OCH3 is 1. The zero-order valence-electron chi connectivity index (χ0n) is 8.25. The van der Waals surface area contributed by atoms with Gasteiger partial charge in [0.05, 0.1) is 12.7 Å². The molecule has 12 heavy (non-hydrogen) atoms. The molecule has 0 aromatic carbocycles. The van der Waals surface area contributed by atoms with Crippen molar-refractivity contribution in [2.75, 3.05) is 40.5 Å². The first-order valence-corrected chi connectivity index (χ1v) is 4.57. The summed E-state index contributed by atoms with van der Waals surface area (Å²) in [5.74, 6) is 0.556. The average molecular weight is 173 g/mol. The molecule has 1 aliphatic heterocycles. The maximum Gasteiger partial charge on any atom is 0.0760 e. The Hall–Kier alpha value is -0.120. The van der Waals surface area contributed by atoms with Crippen LogP contribution in [0.2, 0.25) is 0 Å². The quantitative estimate of drug-likeness (QED) is 0.621. The largest absolute Gasteiger partial charge is 0.381 e. The van der Waals surface area contributed by atoms with Gasteiger partial charge in [-0.05, 0) is 14.0 Å². The van der Waals surface area contributed by atoms with Gasteiger partial charge < -0.3 is 14.4 Å². The summed E-state index contributed by atoms with van der Waals surface area (Å²) in [6.45, 7) is 5.79. The van der Waals surface area contributed by atoms with Crippen molar-refractivity contribution in [1.82, 2.24) is 4.90 Å². The minimum Gasteiger partial charge on any atom is -0.381 e. The smallest absolute Gasteiger partial charge is 0.0760 e. The van der Waals surface area contributed by atoms with E-state index in [-0.39, 0.29) is 0 Å². The van der Waals surface area contributed by atoms with Gasteiger partial charge in [0.25, 0.3) is 0 Å². The van der Waals surface area contributed by atoms with E-state index in [1.54, 1.807) is 7.11 Å². The van der Waals surface area contributed by atoms with Crippen molar-refractivity contribution in [3.05, 3.63) is 0 Å². The average Bonchev–Trinajstić information content (AvgIpc) is 2.42. The summed E-state index contributed by atoms with van der Waals surface area (Å²) in [7, 11) is 3.90. The lowest BCUT2D eigenvalue weighted by atomic mass is 10.1. The number of rotatable bonds is 4. The molecule has 0 spiro atoms. The van der Waals surface area contributed by atoms with Crippen molar-refractivity contribution >= 4 is 0 Å². The standard InChI is InChI=1S/C9H19NO2/c1-4-12-7-8-5-10(2)6-9(8)11-3/h8-9H,4-7H2,1-3H3. The van der Waals surface area contributed by atoms with Crippen LogP contribution in [0.4, 0.5) is 0 Å². The van der Waals surface area contributed by atoms with Gasteiger partial charge in [0.15, 0.2) is 0 Å². The van der Waals surface area contributed by atoms with E-state index >= 15 is 0 Å². The molecule has 0 radical (unpaired) electrons. The first-order chi connectivity index (χ1) is 5.77. The molecule has 0 aliphatic carbocycles. The van der Waals surface area contributed by atoms with E-state index in [9.17, 15) is 0 Å². The van der Waals surface area contributed by atoms with Crippen molar-refractivity contribution in [3.63, 3.8) is 0 Å². The molecule has 0 N–H and O–H groups in total. The molecule has 3 nitrogen and oxygen atoms in total. The van der Waals surface area contributed by atoms with Crippen molar-refractivity contribution < 1.29 is 9.47 Å². The van der Waals surface area contributed by atoms with Gasteiger partial charge in [-0.3, -0.25) is 0 Å². The number of hydrogen-bond donors (Lipinski definition) is 0. The van der Waals surface area contributed by atoms with Crippen LogP contribution >= 0.6 is 0 Å². The fourth-order valence-corrected chi connectivity index (χ4v) is 1.74. The Balaban J connectivity index is 2.30. The van der Waals surface area contributed by atoms with E-state index in [0.29, 0.717) is 12.0 Å². The highest BCUT2D eigenvalue weighted by molar-refractivity contribution is 4.82. The second-order valence-electron chi connectivity index (χ2n) is 3.41. The summed E-state index contributed by atoms with van der Waals surface area (Å²) in [5, 5.41) is 0. The van der Waals surface area contributed by atoms with Crippen LogP contribution in [0, 0.1) is 5.92 Å². The third-order valence-electron chi connectivity index (χ3n) is 2.40. The maximum atomic E-state index is 5.39. The lowest BCUT2D eigenvalue weighted by Crippen LogP contribution is -2.25.